The smallest absolute Gasteiger partial charge is 0.231 e. The number of nitrogens with two attached hydrogens (primary N) is 1. The van der Waals surface area contributed by atoms with Gasteiger partial charge in [0.25, 0.3) is 0 Å². The summed E-state index contributed by atoms with van der Waals surface area (Å²) >= 11 is 1.72. The Morgan fingerprint density at radius 3 is 2.63 bits per heavy atom. The first-order chi connectivity index (χ1) is 14.6. The minimum absolute atomic E-state index is 0.271. The summed E-state index contributed by atoms with van der Waals surface area (Å²) in [6, 6.07) is 9.10. The number of ether oxygens (including phenoxy) is 1. The molecule has 30 heavy (non-hydrogen) atoms. The van der Waals surface area contributed by atoms with E-state index in [0.717, 1.165) is 60.4 Å². The Balaban J connectivity index is 1.16. The van der Waals surface area contributed by atoms with Crippen LogP contribution in [0.25, 0.3) is 10.6 Å². The predicted molar refractivity (Wildman–Crippen MR) is 119 cm³/mol. The number of hydrogen-bond donors (Lipinski definition) is 1. The Morgan fingerprint density at radius 2 is 1.90 bits per heavy atom. The summed E-state index contributed by atoms with van der Waals surface area (Å²) in [5.41, 5.74) is 7.63. The summed E-state index contributed by atoms with van der Waals surface area (Å²) in [5, 5.41) is 1.04. The summed E-state index contributed by atoms with van der Waals surface area (Å²) in [6.07, 6.45) is 7.64. The number of primary amides is 1. The molecule has 2 aromatic rings. The third kappa shape index (κ3) is 4.38. The van der Waals surface area contributed by atoms with Gasteiger partial charge in [-0.15, -0.1) is 11.3 Å². The molecule has 0 radical (unpaired) electrons. The summed E-state index contributed by atoms with van der Waals surface area (Å²) in [7, 11) is 0. The highest BCUT2D eigenvalue weighted by Crippen LogP contribution is 2.34. The number of rotatable bonds is 6. The van der Waals surface area contributed by atoms with Gasteiger partial charge >= 0.3 is 0 Å². The molecule has 1 saturated heterocycles. The third-order valence-corrected chi connectivity index (χ3v) is 7.70. The van der Waals surface area contributed by atoms with Crippen LogP contribution in [0.5, 0.6) is 5.75 Å². The first-order valence-corrected chi connectivity index (χ1v) is 12.0. The molecular weight excluding hydrogens is 396 g/mol. The van der Waals surface area contributed by atoms with E-state index in [1.807, 2.05) is 0 Å². The second-order valence-electron chi connectivity index (χ2n) is 8.80. The van der Waals surface area contributed by atoms with Crippen LogP contribution in [0, 0.1) is 0 Å². The van der Waals surface area contributed by atoms with Crippen molar-refractivity contribution in [2.24, 2.45) is 5.73 Å². The molecule has 1 aliphatic carbocycles. The van der Waals surface area contributed by atoms with Crippen LogP contribution in [-0.4, -0.2) is 59.0 Å². The normalized spacial score (nSPS) is 24.8. The average Bonchev–Trinajstić information content (AvgIpc) is 3.14. The second-order valence-corrected chi connectivity index (χ2v) is 9.89. The van der Waals surface area contributed by atoms with E-state index in [4.69, 9.17) is 15.5 Å². The molecule has 1 aromatic carbocycles. The van der Waals surface area contributed by atoms with Crippen LogP contribution in [0.1, 0.15) is 42.7 Å². The number of hydrogen-bond acceptors (Lipinski definition) is 6. The summed E-state index contributed by atoms with van der Waals surface area (Å²) in [5.74, 6) is 0.683. The number of nitrogens with zero attached hydrogens (tertiary/aromatic N) is 3. The van der Waals surface area contributed by atoms with Crippen molar-refractivity contribution in [1.29, 1.82) is 0 Å². The predicted octanol–water partition coefficient (Wildman–Crippen LogP) is 3.05. The van der Waals surface area contributed by atoms with Gasteiger partial charge in [0, 0.05) is 48.8 Å². The summed E-state index contributed by atoms with van der Waals surface area (Å²) < 4.78 is 6.20. The Kier molecular flexibility index (Phi) is 5.76. The number of thiazole rings is 1. The molecule has 160 valence electrons. The van der Waals surface area contributed by atoms with Gasteiger partial charge in [-0.3, -0.25) is 9.69 Å². The van der Waals surface area contributed by atoms with Crippen molar-refractivity contribution >= 4 is 17.2 Å². The topological polar surface area (TPSA) is 71.7 Å². The zero-order valence-corrected chi connectivity index (χ0v) is 18.2. The van der Waals surface area contributed by atoms with E-state index >= 15 is 0 Å². The molecule has 1 aromatic heterocycles. The Bertz CT molecular complexity index is 885. The third-order valence-electron chi connectivity index (χ3n) is 6.57. The number of carbonyl (C=O) groups excluding carboxylic acids is 1. The standard InChI is InChI=1S/C23H30N4O2S/c24-22(28)15-26-11-8-20-21(14-26)30-23(25-20)16-4-6-18(7-5-16)29-19-12-17(13-19)27-9-2-1-3-10-27/h4-7,17,19H,1-3,8-15H2,(H2,24,28). The zero-order chi connectivity index (χ0) is 20.5. The van der Waals surface area contributed by atoms with Crippen LogP contribution < -0.4 is 10.5 Å². The maximum Gasteiger partial charge on any atom is 0.231 e. The molecule has 6 nitrogen and oxygen atoms in total. The quantitative estimate of drug-likeness (QED) is 0.769. The van der Waals surface area contributed by atoms with Crippen molar-refractivity contribution in [3.63, 3.8) is 0 Å². The number of likely N-dealkylation sites (tertiary alicyclic amines) is 1. The van der Waals surface area contributed by atoms with E-state index in [0.29, 0.717) is 12.6 Å². The molecule has 0 atom stereocenters. The van der Waals surface area contributed by atoms with Crippen molar-refractivity contribution in [2.45, 2.75) is 57.2 Å². The lowest BCUT2D eigenvalue weighted by atomic mass is 9.86. The van der Waals surface area contributed by atoms with Crippen LogP contribution in [-0.2, 0) is 17.8 Å². The molecule has 3 heterocycles. The molecule has 1 saturated carbocycles. The van der Waals surface area contributed by atoms with Crippen LogP contribution in [0.4, 0.5) is 0 Å². The lowest BCUT2D eigenvalue weighted by molar-refractivity contribution is -0.119. The molecular formula is C23H30N4O2S. The van der Waals surface area contributed by atoms with Crippen LogP contribution in [0.3, 0.4) is 0 Å². The minimum Gasteiger partial charge on any atom is -0.490 e. The van der Waals surface area contributed by atoms with E-state index < -0.39 is 0 Å². The highest BCUT2D eigenvalue weighted by molar-refractivity contribution is 7.15. The Morgan fingerprint density at radius 1 is 1.13 bits per heavy atom. The fourth-order valence-electron chi connectivity index (χ4n) is 4.81. The van der Waals surface area contributed by atoms with E-state index in [1.54, 1.807) is 11.3 Å². The number of benzene rings is 1. The van der Waals surface area contributed by atoms with Gasteiger partial charge in [0.05, 0.1) is 12.2 Å². The van der Waals surface area contributed by atoms with Gasteiger partial charge in [-0.1, -0.05) is 6.42 Å². The molecule has 2 N–H and O–H groups in total. The van der Waals surface area contributed by atoms with E-state index in [1.165, 1.54) is 37.2 Å². The number of piperidine rings is 1. The van der Waals surface area contributed by atoms with Crippen molar-refractivity contribution in [2.75, 3.05) is 26.2 Å². The van der Waals surface area contributed by atoms with Gasteiger partial charge in [0.1, 0.15) is 16.9 Å². The fourth-order valence-corrected chi connectivity index (χ4v) is 5.97. The van der Waals surface area contributed by atoms with E-state index in [-0.39, 0.29) is 5.91 Å². The number of amides is 1. The largest absolute Gasteiger partial charge is 0.490 e. The van der Waals surface area contributed by atoms with Crippen molar-refractivity contribution in [1.82, 2.24) is 14.8 Å². The molecule has 3 aliphatic rings. The molecule has 0 spiro atoms. The fraction of sp³-hybridized carbons (Fsp3) is 0.565. The molecule has 2 fully saturated rings. The van der Waals surface area contributed by atoms with E-state index in [9.17, 15) is 4.79 Å². The molecule has 0 bridgehead atoms. The number of aromatic nitrogens is 1. The number of carbonyl (C=O) groups is 1. The maximum atomic E-state index is 11.2. The van der Waals surface area contributed by atoms with Crippen LogP contribution in [0.15, 0.2) is 24.3 Å². The highest BCUT2D eigenvalue weighted by atomic mass is 32.1. The van der Waals surface area contributed by atoms with Gasteiger partial charge in [0.2, 0.25) is 5.91 Å². The van der Waals surface area contributed by atoms with Crippen molar-refractivity contribution < 1.29 is 9.53 Å². The van der Waals surface area contributed by atoms with Crippen LogP contribution >= 0.6 is 11.3 Å². The monoisotopic (exact) mass is 426 g/mol. The minimum atomic E-state index is -0.271. The van der Waals surface area contributed by atoms with Crippen molar-refractivity contribution in [3.8, 4) is 16.3 Å². The zero-order valence-electron chi connectivity index (χ0n) is 17.4. The first-order valence-electron chi connectivity index (χ1n) is 11.1. The second kappa shape index (κ2) is 8.65. The summed E-state index contributed by atoms with van der Waals surface area (Å²) in [6.45, 7) is 4.45. The lowest BCUT2D eigenvalue weighted by Crippen LogP contribution is -2.50. The molecule has 2 aliphatic heterocycles. The molecule has 7 heteroatoms. The van der Waals surface area contributed by atoms with Crippen molar-refractivity contribution in [3.05, 3.63) is 34.8 Å². The van der Waals surface area contributed by atoms with Crippen LogP contribution in [0.2, 0.25) is 0 Å². The highest BCUT2D eigenvalue weighted by Gasteiger charge is 2.35. The number of fused-ring (bicyclic) bond motifs is 1. The Labute approximate surface area is 182 Å². The SMILES string of the molecule is NC(=O)CN1CCc2nc(-c3ccc(OC4CC(N5CCCCC5)C4)cc3)sc2C1. The maximum absolute atomic E-state index is 11.2. The summed E-state index contributed by atoms with van der Waals surface area (Å²) in [4.78, 5) is 22.0. The van der Waals surface area contributed by atoms with Gasteiger partial charge in [-0.25, -0.2) is 4.98 Å². The van der Waals surface area contributed by atoms with Gasteiger partial charge in [-0.05, 0) is 50.2 Å². The van der Waals surface area contributed by atoms with Gasteiger partial charge in [0.15, 0.2) is 0 Å². The molecule has 0 unspecified atom stereocenters. The first kappa shape index (κ1) is 20.0. The van der Waals surface area contributed by atoms with Gasteiger partial charge in [-0.2, -0.15) is 0 Å². The average molecular weight is 427 g/mol. The Hall–Kier alpha value is -1.96. The molecule has 5 rings (SSSR count). The van der Waals surface area contributed by atoms with Gasteiger partial charge < -0.3 is 15.4 Å². The lowest BCUT2D eigenvalue weighted by Gasteiger charge is -2.44. The van der Waals surface area contributed by atoms with E-state index in [2.05, 4.69) is 34.1 Å². The molecule has 1 amide bonds.